The van der Waals surface area contributed by atoms with Crippen molar-refractivity contribution in [3.8, 4) is 11.5 Å². The predicted octanol–water partition coefficient (Wildman–Crippen LogP) is 3.27. The van der Waals surface area contributed by atoms with Crippen LogP contribution in [-0.4, -0.2) is 43.7 Å². The molecule has 1 N–H and O–H groups in total. The molecular weight excluding hydrogens is 374 g/mol. The maximum atomic E-state index is 12.5. The van der Waals surface area contributed by atoms with Gasteiger partial charge in [0, 0.05) is 12.6 Å². The standard InChI is InChI=1S/C18H20BrNO4/c1-20(11-16(21)12-4-7-14(23-2)8-5-12)18(22)13-6-9-17(24-3)15(19)10-13/h4-10,16,21H,11H2,1-3H3. The van der Waals surface area contributed by atoms with Crippen LogP contribution in [0.2, 0.25) is 0 Å². The number of carbonyl (C=O) groups is 1. The summed E-state index contributed by atoms with van der Waals surface area (Å²) in [7, 11) is 4.82. The Kier molecular flexibility index (Phi) is 6.23. The molecule has 0 heterocycles. The van der Waals surface area contributed by atoms with Crippen LogP contribution < -0.4 is 9.47 Å². The molecule has 1 atom stereocenters. The third kappa shape index (κ3) is 4.27. The lowest BCUT2D eigenvalue weighted by Crippen LogP contribution is -2.31. The van der Waals surface area contributed by atoms with Gasteiger partial charge in [-0.05, 0) is 51.8 Å². The molecule has 0 spiro atoms. The summed E-state index contributed by atoms with van der Waals surface area (Å²) in [6.45, 7) is 0.189. The molecule has 1 amide bonds. The van der Waals surface area contributed by atoms with Gasteiger partial charge in [-0.3, -0.25) is 4.79 Å². The number of rotatable bonds is 6. The Labute approximate surface area is 149 Å². The topological polar surface area (TPSA) is 59.0 Å². The summed E-state index contributed by atoms with van der Waals surface area (Å²) >= 11 is 3.37. The van der Waals surface area contributed by atoms with Crippen LogP contribution in [-0.2, 0) is 0 Å². The number of ether oxygens (including phenoxy) is 2. The smallest absolute Gasteiger partial charge is 0.253 e. The summed E-state index contributed by atoms with van der Waals surface area (Å²) in [5.74, 6) is 1.21. The van der Waals surface area contributed by atoms with E-state index in [1.807, 2.05) is 0 Å². The lowest BCUT2D eigenvalue weighted by Gasteiger charge is -2.21. The number of aliphatic hydroxyl groups excluding tert-OH is 1. The van der Waals surface area contributed by atoms with Gasteiger partial charge in [-0.2, -0.15) is 0 Å². The van der Waals surface area contributed by atoms with Crippen LogP contribution in [0.3, 0.4) is 0 Å². The number of nitrogens with zero attached hydrogens (tertiary/aromatic N) is 1. The van der Waals surface area contributed by atoms with Crippen LogP contribution in [0.15, 0.2) is 46.9 Å². The molecule has 0 aliphatic rings. The first-order chi connectivity index (χ1) is 11.5. The van der Waals surface area contributed by atoms with Crippen molar-refractivity contribution in [2.24, 2.45) is 0 Å². The van der Waals surface area contributed by atoms with E-state index in [0.717, 1.165) is 11.3 Å². The van der Waals surface area contributed by atoms with E-state index in [1.54, 1.807) is 63.7 Å². The number of amides is 1. The second-order valence-electron chi connectivity index (χ2n) is 5.32. The molecule has 2 aromatic carbocycles. The van der Waals surface area contributed by atoms with Gasteiger partial charge in [0.1, 0.15) is 11.5 Å². The maximum absolute atomic E-state index is 12.5. The molecule has 128 valence electrons. The zero-order chi connectivity index (χ0) is 17.7. The number of carbonyl (C=O) groups excluding carboxylic acids is 1. The van der Waals surface area contributed by atoms with Crippen molar-refractivity contribution in [3.63, 3.8) is 0 Å². The van der Waals surface area contributed by atoms with Gasteiger partial charge in [0.05, 0.1) is 31.3 Å². The van der Waals surface area contributed by atoms with Crippen LogP contribution in [0.1, 0.15) is 22.0 Å². The first-order valence-corrected chi connectivity index (χ1v) is 8.16. The van der Waals surface area contributed by atoms with E-state index < -0.39 is 6.10 Å². The minimum absolute atomic E-state index is 0.175. The third-order valence-corrected chi connectivity index (χ3v) is 4.31. The van der Waals surface area contributed by atoms with Crippen molar-refractivity contribution in [3.05, 3.63) is 58.1 Å². The molecule has 0 aliphatic carbocycles. The summed E-state index contributed by atoms with van der Waals surface area (Å²) in [5, 5.41) is 10.3. The predicted molar refractivity (Wildman–Crippen MR) is 95.6 cm³/mol. The number of hydrogen-bond donors (Lipinski definition) is 1. The van der Waals surface area contributed by atoms with Gasteiger partial charge in [-0.25, -0.2) is 0 Å². The quantitative estimate of drug-likeness (QED) is 0.817. The minimum atomic E-state index is -0.772. The van der Waals surface area contributed by atoms with Crippen molar-refractivity contribution in [2.45, 2.75) is 6.10 Å². The molecule has 0 saturated carbocycles. The molecule has 6 heteroatoms. The van der Waals surface area contributed by atoms with E-state index in [-0.39, 0.29) is 12.5 Å². The SMILES string of the molecule is COc1ccc(C(O)CN(C)C(=O)c2ccc(OC)c(Br)c2)cc1. The first-order valence-electron chi connectivity index (χ1n) is 7.37. The van der Waals surface area contributed by atoms with Gasteiger partial charge in [0.2, 0.25) is 0 Å². The Hall–Kier alpha value is -2.05. The fourth-order valence-corrected chi connectivity index (χ4v) is 2.83. The monoisotopic (exact) mass is 393 g/mol. The average molecular weight is 394 g/mol. The zero-order valence-electron chi connectivity index (χ0n) is 13.8. The highest BCUT2D eigenvalue weighted by Gasteiger charge is 2.17. The van der Waals surface area contributed by atoms with E-state index in [0.29, 0.717) is 15.8 Å². The third-order valence-electron chi connectivity index (χ3n) is 3.69. The van der Waals surface area contributed by atoms with E-state index in [2.05, 4.69) is 15.9 Å². The molecule has 2 aromatic rings. The lowest BCUT2D eigenvalue weighted by molar-refractivity contribution is 0.0681. The molecule has 0 bridgehead atoms. The van der Waals surface area contributed by atoms with Crippen molar-refractivity contribution >= 4 is 21.8 Å². The molecule has 0 aromatic heterocycles. The molecular formula is C18H20BrNO4. The van der Waals surface area contributed by atoms with Crippen LogP contribution >= 0.6 is 15.9 Å². The number of hydrogen-bond acceptors (Lipinski definition) is 4. The summed E-state index contributed by atoms with van der Waals surface area (Å²) in [5.41, 5.74) is 1.25. The Morgan fingerprint density at radius 1 is 1.17 bits per heavy atom. The molecule has 5 nitrogen and oxygen atoms in total. The average Bonchev–Trinajstić information content (AvgIpc) is 2.60. The fourth-order valence-electron chi connectivity index (χ4n) is 2.29. The molecule has 2 rings (SSSR count). The summed E-state index contributed by atoms with van der Waals surface area (Å²) < 4.78 is 11.0. The van der Waals surface area contributed by atoms with Crippen molar-refractivity contribution in [1.29, 1.82) is 0 Å². The van der Waals surface area contributed by atoms with Crippen molar-refractivity contribution < 1.29 is 19.4 Å². The normalized spacial score (nSPS) is 11.7. The lowest BCUT2D eigenvalue weighted by atomic mass is 10.1. The van der Waals surface area contributed by atoms with Crippen LogP contribution in [0.25, 0.3) is 0 Å². The Bertz CT molecular complexity index is 703. The highest BCUT2D eigenvalue weighted by atomic mass is 79.9. The highest BCUT2D eigenvalue weighted by Crippen LogP contribution is 2.26. The van der Waals surface area contributed by atoms with Gasteiger partial charge in [0.25, 0.3) is 5.91 Å². The highest BCUT2D eigenvalue weighted by molar-refractivity contribution is 9.10. The van der Waals surface area contributed by atoms with Gasteiger partial charge >= 0.3 is 0 Å². The van der Waals surface area contributed by atoms with E-state index in [1.165, 1.54) is 4.90 Å². The van der Waals surface area contributed by atoms with Crippen molar-refractivity contribution in [1.82, 2.24) is 4.90 Å². The zero-order valence-corrected chi connectivity index (χ0v) is 15.4. The number of likely N-dealkylation sites (N-methyl/N-ethyl adjacent to an activating group) is 1. The van der Waals surface area contributed by atoms with Gasteiger partial charge in [0.15, 0.2) is 0 Å². The number of aliphatic hydroxyl groups is 1. The van der Waals surface area contributed by atoms with E-state index >= 15 is 0 Å². The molecule has 0 radical (unpaired) electrons. The molecule has 1 unspecified atom stereocenters. The second kappa shape index (κ2) is 8.17. The Morgan fingerprint density at radius 2 is 1.83 bits per heavy atom. The Morgan fingerprint density at radius 3 is 2.38 bits per heavy atom. The summed E-state index contributed by atoms with van der Waals surface area (Å²) in [6.07, 6.45) is -0.772. The first kappa shape index (κ1) is 18.3. The number of halogens is 1. The maximum Gasteiger partial charge on any atom is 0.253 e. The largest absolute Gasteiger partial charge is 0.497 e. The number of methoxy groups -OCH3 is 2. The van der Waals surface area contributed by atoms with Crippen LogP contribution in [0.4, 0.5) is 0 Å². The second-order valence-corrected chi connectivity index (χ2v) is 6.18. The summed E-state index contributed by atoms with van der Waals surface area (Å²) in [4.78, 5) is 14.0. The van der Waals surface area contributed by atoms with E-state index in [4.69, 9.17) is 9.47 Å². The van der Waals surface area contributed by atoms with Gasteiger partial charge in [-0.1, -0.05) is 12.1 Å². The van der Waals surface area contributed by atoms with Gasteiger partial charge < -0.3 is 19.5 Å². The number of benzene rings is 2. The molecule has 0 fully saturated rings. The van der Waals surface area contributed by atoms with Crippen LogP contribution in [0.5, 0.6) is 11.5 Å². The van der Waals surface area contributed by atoms with Crippen LogP contribution in [0, 0.1) is 0 Å². The minimum Gasteiger partial charge on any atom is -0.497 e. The molecule has 0 aliphatic heterocycles. The van der Waals surface area contributed by atoms with Crippen molar-refractivity contribution in [2.75, 3.05) is 27.8 Å². The Balaban J connectivity index is 2.05. The summed E-state index contributed by atoms with van der Waals surface area (Å²) in [6, 6.07) is 12.3. The fraction of sp³-hybridized carbons (Fsp3) is 0.278. The van der Waals surface area contributed by atoms with Gasteiger partial charge in [-0.15, -0.1) is 0 Å². The van der Waals surface area contributed by atoms with E-state index in [9.17, 15) is 9.90 Å². The molecule has 24 heavy (non-hydrogen) atoms. The molecule has 0 saturated heterocycles.